The predicted octanol–water partition coefficient (Wildman–Crippen LogP) is 4.60. The van der Waals surface area contributed by atoms with E-state index in [9.17, 15) is 4.79 Å². The molecule has 1 amide bonds. The molecule has 0 aliphatic heterocycles. The number of benzene rings is 1. The molecule has 1 aliphatic rings. The molecule has 132 valence electrons. The van der Waals surface area contributed by atoms with Crippen molar-refractivity contribution in [3.8, 4) is 0 Å². The summed E-state index contributed by atoms with van der Waals surface area (Å²) >= 11 is 0. The van der Waals surface area contributed by atoms with Crippen LogP contribution in [0.5, 0.6) is 0 Å². The van der Waals surface area contributed by atoms with Crippen molar-refractivity contribution in [3.63, 3.8) is 0 Å². The van der Waals surface area contributed by atoms with E-state index in [1.54, 1.807) is 12.4 Å². The van der Waals surface area contributed by atoms with Crippen LogP contribution in [0.2, 0.25) is 0 Å². The van der Waals surface area contributed by atoms with Crippen LogP contribution in [0.15, 0.2) is 36.7 Å². The monoisotopic (exact) mass is 338 g/mol. The summed E-state index contributed by atoms with van der Waals surface area (Å²) in [4.78, 5) is 21.1. The largest absolute Gasteiger partial charge is 0.351 e. The minimum atomic E-state index is -0.183. The summed E-state index contributed by atoms with van der Waals surface area (Å²) in [7, 11) is 0. The second-order valence-electron chi connectivity index (χ2n) is 6.97. The van der Waals surface area contributed by atoms with Crippen LogP contribution in [0.3, 0.4) is 0 Å². The average molecular weight is 338 g/mol. The van der Waals surface area contributed by atoms with Gasteiger partial charge in [0.1, 0.15) is 0 Å². The van der Waals surface area contributed by atoms with Crippen molar-refractivity contribution in [3.05, 3.63) is 47.8 Å². The number of para-hydroxylation sites is 1. The molecule has 0 atom stereocenters. The van der Waals surface area contributed by atoms with E-state index in [2.05, 4.69) is 34.4 Å². The molecule has 0 saturated heterocycles. The van der Waals surface area contributed by atoms with Gasteiger partial charge in [-0.25, -0.2) is 9.97 Å². The summed E-state index contributed by atoms with van der Waals surface area (Å²) < 4.78 is 0. The van der Waals surface area contributed by atoms with Crippen LogP contribution in [-0.2, 0) is 0 Å². The van der Waals surface area contributed by atoms with Gasteiger partial charge in [-0.1, -0.05) is 51.3 Å². The van der Waals surface area contributed by atoms with Crippen molar-refractivity contribution in [2.75, 3.05) is 10.6 Å². The first-order chi connectivity index (χ1) is 12.1. The van der Waals surface area contributed by atoms with Crippen molar-refractivity contribution in [2.45, 2.75) is 57.9 Å². The molecule has 0 bridgehead atoms. The summed E-state index contributed by atoms with van der Waals surface area (Å²) in [5.74, 6) is 0.762. The van der Waals surface area contributed by atoms with Crippen molar-refractivity contribution >= 4 is 17.5 Å². The third kappa shape index (κ3) is 4.56. The number of anilines is 2. The molecule has 2 aromatic rings. The van der Waals surface area contributed by atoms with Crippen LogP contribution in [0.1, 0.15) is 67.8 Å². The Hall–Kier alpha value is -2.43. The van der Waals surface area contributed by atoms with Crippen LogP contribution >= 0.6 is 0 Å². The Morgan fingerprint density at radius 1 is 1.08 bits per heavy atom. The molecule has 1 heterocycles. The maximum atomic E-state index is 12.5. The molecule has 5 heteroatoms. The molecule has 1 aliphatic carbocycles. The lowest BCUT2D eigenvalue weighted by molar-refractivity contribution is 0.102. The first-order valence-corrected chi connectivity index (χ1v) is 9.12. The van der Waals surface area contributed by atoms with E-state index < -0.39 is 0 Å². The third-order valence-corrected chi connectivity index (χ3v) is 4.68. The smallest absolute Gasteiger partial charge is 0.258 e. The van der Waals surface area contributed by atoms with Gasteiger partial charge in [-0.15, -0.1) is 0 Å². The highest BCUT2D eigenvalue weighted by atomic mass is 16.1. The molecule has 1 aromatic carbocycles. The molecular formula is C20H26N4O. The number of carbonyl (C=O) groups excluding carboxylic acids is 1. The predicted molar refractivity (Wildman–Crippen MR) is 101 cm³/mol. The van der Waals surface area contributed by atoms with Crippen molar-refractivity contribution in [2.24, 2.45) is 0 Å². The molecule has 3 rings (SSSR count). The summed E-state index contributed by atoms with van der Waals surface area (Å²) in [6.45, 7) is 4.22. The van der Waals surface area contributed by atoms with Gasteiger partial charge in [0.05, 0.1) is 5.56 Å². The van der Waals surface area contributed by atoms with Gasteiger partial charge in [0.25, 0.3) is 5.91 Å². The standard InChI is InChI=1S/C20H26N4O/c1-14(2)17-10-6-7-11-18(17)24-19(25)15-12-21-20(22-13-15)23-16-8-4-3-5-9-16/h6-7,10-14,16H,3-5,8-9H2,1-2H3,(H,24,25)(H,21,22,23). The first-order valence-electron chi connectivity index (χ1n) is 9.12. The number of hydrogen-bond acceptors (Lipinski definition) is 4. The Bertz CT molecular complexity index is 706. The topological polar surface area (TPSA) is 66.9 Å². The average Bonchev–Trinajstić information content (AvgIpc) is 2.63. The molecule has 0 spiro atoms. The fraction of sp³-hybridized carbons (Fsp3) is 0.450. The van der Waals surface area contributed by atoms with Crippen LogP contribution < -0.4 is 10.6 Å². The van der Waals surface area contributed by atoms with E-state index >= 15 is 0 Å². The minimum absolute atomic E-state index is 0.183. The third-order valence-electron chi connectivity index (χ3n) is 4.68. The van der Waals surface area contributed by atoms with E-state index in [0.717, 1.165) is 24.1 Å². The molecule has 2 N–H and O–H groups in total. The van der Waals surface area contributed by atoms with E-state index in [0.29, 0.717) is 23.5 Å². The lowest BCUT2D eigenvalue weighted by Crippen LogP contribution is -2.23. The fourth-order valence-corrected chi connectivity index (χ4v) is 3.26. The number of aromatic nitrogens is 2. The van der Waals surface area contributed by atoms with Crippen LogP contribution in [-0.4, -0.2) is 21.9 Å². The first kappa shape index (κ1) is 17.4. The maximum absolute atomic E-state index is 12.5. The highest BCUT2D eigenvalue weighted by molar-refractivity contribution is 6.04. The maximum Gasteiger partial charge on any atom is 0.258 e. The van der Waals surface area contributed by atoms with Gasteiger partial charge in [0.15, 0.2) is 0 Å². The molecular weight excluding hydrogens is 312 g/mol. The molecule has 1 saturated carbocycles. The number of nitrogens with zero attached hydrogens (tertiary/aromatic N) is 2. The zero-order valence-corrected chi connectivity index (χ0v) is 15.0. The summed E-state index contributed by atoms with van der Waals surface area (Å²) in [5.41, 5.74) is 2.42. The number of rotatable bonds is 5. The highest BCUT2D eigenvalue weighted by Gasteiger charge is 2.15. The molecule has 1 aromatic heterocycles. The second kappa shape index (κ2) is 8.10. The van der Waals surface area contributed by atoms with Crippen molar-refractivity contribution in [1.29, 1.82) is 0 Å². The van der Waals surface area contributed by atoms with E-state index in [-0.39, 0.29) is 5.91 Å². The number of carbonyl (C=O) groups is 1. The van der Waals surface area contributed by atoms with E-state index in [4.69, 9.17) is 0 Å². The Labute approximate surface area is 149 Å². The second-order valence-corrected chi connectivity index (χ2v) is 6.97. The Morgan fingerprint density at radius 2 is 1.76 bits per heavy atom. The minimum Gasteiger partial charge on any atom is -0.351 e. The molecule has 1 fully saturated rings. The normalized spacial score (nSPS) is 15.2. The van der Waals surface area contributed by atoms with Crippen LogP contribution in [0.4, 0.5) is 11.6 Å². The Kier molecular flexibility index (Phi) is 5.64. The Morgan fingerprint density at radius 3 is 2.44 bits per heavy atom. The van der Waals surface area contributed by atoms with Gasteiger partial charge in [0.2, 0.25) is 5.95 Å². The van der Waals surface area contributed by atoms with E-state index in [1.807, 2.05) is 24.3 Å². The molecule has 0 unspecified atom stereocenters. The van der Waals surface area contributed by atoms with Gasteiger partial charge in [-0.2, -0.15) is 0 Å². The van der Waals surface area contributed by atoms with Crippen molar-refractivity contribution < 1.29 is 4.79 Å². The lowest BCUT2D eigenvalue weighted by atomic mass is 9.96. The zero-order valence-electron chi connectivity index (χ0n) is 15.0. The molecule has 25 heavy (non-hydrogen) atoms. The summed E-state index contributed by atoms with van der Waals surface area (Å²) in [5, 5.41) is 6.34. The Balaban J connectivity index is 1.65. The van der Waals surface area contributed by atoms with Crippen molar-refractivity contribution in [1.82, 2.24) is 9.97 Å². The SMILES string of the molecule is CC(C)c1ccccc1NC(=O)c1cnc(NC2CCCCC2)nc1. The molecule has 0 radical (unpaired) electrons. The quantitative estimate of drug-likeness (QED) is 0.836. The van der Waals surface area contributed by atoms with E-state index in [1.165, 1.54) is 19.3 Å². The lowest BCUT2D eigenvalue weighted by Gasteiger charge is -2.22. The van der Waals surface area contributed by atoms with Gasteiger partial charge < -0.3 is 10.6 Å². The summed E-state index contributed by atoms with van der Waals surface area (Å²) in [6, 6.07) is 8.32. The van der Waals surface area contributed by atoms with Crippen LogP contribution in [0.25, 0.3) is 0 Å². The van der Waals surface area contributed by atoms with Crippen LogP contribution in [0, 0.1) is 0 Å². The molecule has 5 nitrogen and oxygen atoms in total. The van der Waals surface area contributed by atoms with Gasteiger partial charge in [-0.05, 0) is 30.4 Å². The zero-order chi connectivity index (χ0) is 17.6. The summed E-state index contributed by atoms with van der Waals surface area (Å²) in [6.07, 6.45) is 9.34. The van der Waals surface area contributed by atoms with Gasteiger partial charge in [-0.3, -0.25) is 4.79 Å². The highest BCUT2D eigenvalue weighted by Crippen LogP contribution is 2.24. The number of hydrogen-bond donors (Lipinski definition) is 2. The number of nitrogens with one attached hydrogen (secondary N) is 2. The fourth-order valence-electron chi connectivity index (χ4n) is 3.26. The van der Waals surface area contributed by atoms with Gasteiger partial charge >= 0.3 is 0 Å². The van der Waals surface area contributed by atoms with Gasteiger partial charge in [0, 0.05) is 24.1 Å². The number of amides is 1.